The van der Waals surface area contributed by atoms with E-state index in [0.29, 0.717) is 11.1 Å². The lowest BCUT2D eigenvalue weighted by Gasteiger charge is -2.10. The van der Waals surface area contributed by atoms with Crippen LogP contribution in [0.25, 0.3) is 5.69 Å². The molecule has 1 amide bonds. The fourth-order valence-electron chi connectivity index (χ4n) is 2.69. The van der Waals surface area contributed by atoms with E-state index in [1.54, 1.807) is 30.3 Å². The monoisotopic (exact) mass is 411 g/mol. The zero-order valence-corrected chi connectivity index (χ0v) is 16.0. The number of nitrogens with zero attached hydrogens (tertiary/aromatic N) is 2. The highest BCUT2D eigenvalue weighted by atomic mass is 79.9. The predicted octanol–water partition coefficient (Wildman–Crippen LogP) is 4.33. The lowest BCUT2D eigenvalue weighted by atomic mass is 10.2. The van der Waals surface area contributed by atoms with Gasteiger partial charge in [-0.25, -0.2) is 5.43 Å². The quantitative estimate of drug-likeness (QED) is 0.495. The normalized spacial score (nSPS) is 11.0. The van der Waals surface area contributed by atoms with Gasteiger partial charge in [0.1, 0.15) is 5.75 Å². The Balaban J connectivity index is 1.71. The smallest absolute Gasteiger partial charge is 0.271 e. The van der Waals surface area contributed by atoms with E-state index < -0.39 is 0 Å². The highest BCUT2D eigenvalue weighted by Crippen LogP contribution is 2.20. The molecule has 0 atom stereocenters. The maximum absolute atomic E-state index is 12.2. The largest absolute Gasteiger partial charge is 0.507 e. The van der Waals surface area contributed by atoms with Crippen LogP contribution in [0.2, 0.25) is 0 Å². The molecule has 0 spiro atoms. The van der Waals surface area contributed by atoms with Gasteiger partial charge >= 0.3 is 0 Å². The molecule has 0 aliphatic carbocycles. The standard InChI is InChI=1S/C20H18BrN3O2/c1-13-3-4-14(2)24(13)18-8-5-15(6-9-18)20(26)23-22-12-16-11-17(21)7-10-19(16)25/h3-12,25H,1-2H3,(H,23,26). The summed E-state index contributed by atoms with van der Waals surface area (Å²) in [5, 5.41) is 13.7. The molecule has 3 rings (SSSR count). The van der Waals surface area contributed by atoms with Gasteiger partial charge in [-0.1, -0.05) is 15.9 Å². The Morgan fingerprint density at radius 3 is 2.38 bits per heavy atom. The molecule has 0 saturated heterocycles. The van der Waals surface area contributed by atoms with Crippen LogP contribution < -0.4 is 5.43 Å². The van der Waals surface area contributed by atoms with Crippen LogP contribution in [0.1, 0.15) is 27.3 Å². The first-order valence-electron chi connectivity index (χ1n) is 8.03. The van der Waals surface area contributed by atoms with Crippen molar-refractivity contribution in [2.45, 2.75) is 13.8 Å². The number of amides is 1. The molecule has 0 aliphatic heterocycles. The highest BCUT2D eigenvalue weighted by Gasteiger charge is 2.07. The van der Waals surface area contributed by atoms with Crippen molar-refractivity contribution in [2.24, 2.45) is 5.10 Å². The van der Waals surface area contributed by atoms with Gasteiger partial charge in [0.2, 0.25) is 0 Å². The lowest BCUT2D eigenvalue weighted by molar-refractivity contribution is 0.0955. The number of phenols is 1. The van der Waals surface area contributed by atoms with Gasteiger partial charge < -0.3 is 9.67 Å². The number of aromatic nitrogens is 1. The number of hydrogen-bond acceptors (Lipinski definition) is 3. The van der Waals surface area contributed by atoms with Crippen molar-refractivity contribution in [3.05, 3.63) is 81.6 Å². The molecule has 0 saturated carbocycles. The Labute approximate surface area is 160 Å². The summed E-state index contributed by atoms with van der Waals surface area (Å²) in [6.45, 7) is 4.08. The summed E-state index contributed by atoms with van der Waals surface area (Å²) in [5.74, 6) is -0.226. The van der Waals surface area contributed by atoms with Crippen LogP contribution in [0.3, 0.4) is 0 Å². The lowest BCUT2D eigenvalue weighted by Crippen LogP contribution is -2.17. The molecule has 0 fully saturated rings. The van der Waals surface area contributed by atoms with Crippen molar-refractivity contribution in [3.8, 4) is 11.4 Å². The first kappa shape index (κ1) is 17.9. The van der Waals surface area contributed by atoms with E-state index >= 15 is 0 Å². The van der Waals surface area contributed by atoms with Crippen LogP contribution in [0, 0.1) is 13.8 Å². The molecule has 1 aromatic heterocycles. The Morgan fingerprint density at radius 2 is 1.73 bits per heavy atom. The molecule has 26 heavy (non-hydrogen) atoms. The number of benzene rings is 2. The zero-order valence-electron chi connectivity index (χ0n) is 14.4. The van der Waals surface area contributed by atoms with E-state index in [1.165, 1.54) is 6.21 Å². The van der Waals surface area contributed by atoms with Gasteiger partial charge in [-0.2, -0.15) is 5.10 Å². The maximum atomic E-state index is 12.2. The van der Waals surface area contributed by atoms with Crippen LogP contribution >= 0.6 is 15.9 Å². The third kappa shape index (κ3) is 3.86. The number of hydrogen-bond donors (Lipinski definition) is 2. The number of aryl methyl sites for hydroxylation is 2. The Bertz CT molecular complexity index is 956. The fraction of sp³-hybridized carbons (Fsp3) is 0.100. The Morgan fingerprint density at radius 1 is 1.08 bits per heavy atom. The molecule has 0 radical (unpaired) electrons. The number of carbonyl (C=O) groups is 1. The minimum Gasteiger partial charge on any atom is -0.507 e. The van der Waals surface area contributed by atoms with Crippen molar-refractivity contribution in [3.63, 3.8) is 0 Å². The molecule has 2 aromatic carbocycles. The number of nitrogens with one attached hydrogen (secondary N) is 1. The first-order chi connectivity index (χ1) is 12.5. The average Bonchev–Trinajstić information content (AvgIpc) is 2.96. The van der Waals surface area contributed by atoms with Crippen molar-refractivity contribution < 1.29 is 9.90 Å². The van der Waals surface area contributed by atoms with Crippen molar-refractivity contribution in [1.82, 2.24) is 9.99 Å². The van der Waals surface area contributed by atoms with Gasteiger partial charge in [0.15, 0.2) is 0 Å². The minimum atomic E-state index is -0.316. The van der Waals surface area contributed by atoms with Gasteiger partial charge in [0, 0.05) is 32.7 Å². The molecule has 5 nitrogen and oxygen atoms in total. The van der Waals surface area contributed by atoms with Gasteiger partial charge in [0.25, 0.3) is 5.91 Å². The second-order valence-corrected chi connectivity index (χ2v) is 6.82. The molecule has 6 heteroatoms. The average molecular weight is 412 g/mol. The molecule has 0 unspecified atom stereocenters. The number of halogens is 1. The minimum absolute atomic E-state index is 0.0908. The van der Waals surface area contributed by atoms with E-state index in [2.05, 4.69) is 43.2 Å². The van der Waals surface area contributed by atoms with E-state index in [9.17, 15) is 9.90 Å². The van der Waals surface area contributed by atoms with Crippen LogP contribution in [-0.4, -0.2) is 21.8 Å². The van der Waals surface area contributed by atoms with Crippen LogP contribution in [0.15, 0.2) is 64.2 Å². The maximum Gasteiger partial charge on any atom is 0.271 e. The molecule has 132 valence electrons. The van der Waals surface area contributed by atoms with Crippen LogP contribution in [-0.2, 0) is 0 Å². The summed E-state index contributed by atoms with van der Waals surface area (Å²) >= 11 is 3.32. The summed E-state index contributed by atoms with van der Waals surface area (Å²) in [5.41, 5.74) is 6.76. The number of hydrazone groups is 1. The molecular formula is C20H18BrN3O2. The van der Waals surface area contributed by atoms with Crippen molar-refractivity contribution in [1.29, 1.82) is 0 Å². The molecular weight excluding hydrogens is 394 g/mol. The van der Waals surface area contributed by atoms with Gasteiger partial charge in [-0.15, -0.1) is 0 Å². The SMILES string of the molecule is Cc1ccc(C)n1-c1ccc(C(=O)NN=Cc2cc(Br)ccc2O)cc1. The summed E-state index contributed by atoms with van der Waals surface area (Å²) in [6.07, 6.45) is 1.40. The number of rotatable bonds is 4. The third-order valence-electron chi connectivity index (χ3n) is 4.02. The second kappa shape index (κ2) is 7.58. The molecule has 2 N–H and O–H groups in total. The summed E-state index contributed by atoms with van der Waals surface area (Å²) in [6, 6.07) is 16.4. The zero-order chi connectivity index (χ0) is 18.7. The number of carbonyl (C=O) groups excluding carboxylic acids is 1. The van der Waals surface area contributed by atoms with Gasteiger partial charge in [-0.05, 0) is 68.4 Å². The Hall–Kier alpha value is -2.86. The van der Waals surface area contributed by atoms with E-state index in [1.807, 2.05) is 26.0 Å². The van der Waals surface area contributed by atoms with Gasteiger partial charge in [-0.3, -0.25) is 4.79 Å². The topological polar surface area (TPSA) is 66.6 Å². The van der Waals surface area contributed by atoms with Crippen LogP contribution in [0.5, 0.6) is 5.75 Å². The van der Waals surface area contributed by atoms with Gasteiger partial charge in [0.05, 0.1) is 6.21 Å². The third-order valence-corrected chi connectivity index (χ3v) is 4.51. The summed E-state index contributed by atoms with van der Waals surface area (Å²) in [4.78, 5) is 12.2. The summed E-state index contributed by atoms with van der Waals surface area (Å²) in [7, 11) is 0. The molecule has 0 bridgehead atoms. The van der Waals surface area contributed by atoms with Crippen LogP contribution in [0.4, 0.5) is 0 Å². The Kier molecular flexibility index (Phi) is 5.23. The molecule has 3 aromatic rings. The highest BCUT2D eigenvalue weighted by molar-refractivity contribution is 9.10. The van der Waals surface area contributed by atoms with E-state index in [4.69, 9.17) is 0 Å². The molecule has 1 heterocycles. The fourth-order valence-corrected chi connectivity index (χ4v) is 3.07. The first-order valence-corrected chi connectivity index (χ1v) is 8.82. The van der Waals surface area contributed by atoms with Crippen molar-refractivity contribution in [2.75, 3.05) is 0 Å². The summed E-state index contributed by atoms with van der Waals surface area (Å²) < 4.78 is 2.94. The van der Waals surface area contributed by atoms with Crippen molar-refractivity contribution >= 4 is 28.1 Å². The van der Waals surface area contributed by atoms with E-state index in [0.717, 1.165) is 21.5 Å². The number of aromatic hydroxyl groups is 1. The predicted molar refractivity (Wildman–Crippen MR) is 106 cm³/mol. The molecule has 0 aliphatic rings. The van der Waals surface area contributed by atoms with E-state index in [-0.39, 0.29) is 11.7 Å². The number of phenolic OH excluding ortho intramolecular Hbond substituents is 1. The second-order valence-electron chi connectivity index (χ2n) is 5.90.